The standard InChI is InChI=1S/C17H16FN11O2S/c1-9(10-3-5-11(18)6-4-10)21-23-16(30)13-12(7-32-17-24-20-8-28(17)2)29(27-22-13)15-14(19)25-31-26-15/h3-6,8H,7H2,1-2H3,(H2,19,25)(H,23,30)/b21-9-. The molecule has 0 aliphatic carbocycles. The van der Waals surface area contributed by atoms with Crippen molar-refractivity contribution < 1.29 is 13.8 Å². The number of thioether (sulfide) groups is 1. The summed E-state index contributed by atoms with van der Waals surface area (Å²) in [6.07, 6.45) is 1.55. The smallest absolute Gasteiger partial charge is 0.293 e. The average Bonchev–Trinajstić information content (AvgIpc) is 3.50. The van der Waals surface area contributed by atoms with Crippen LogP contribution in [0.15, 0.2) is 45.5 Å². The van der Waals surface area contributed by atoms with Gasteiger partial charge in [0.25, 0.3) is 5.91 Å². The van der Waals surface area contributed by atoms with Gasteiger partial charge in [-0.05, 0) is 34.9 Å². The van der Waals surface area contributed by atoms with E-state index >= 15 is 0 Å². The van der Waals surface area contributed by atoms with Gasteiger partial charge >= 0.3 is 0 Å². The highest BCUT2D eigenvalue weighted by molar-refractivity contribution is 7.98. The van der Waals surface area contributed by atoms with Crippen LogP contribution < -0.4 is 11.2 Å². The van der Waals surface area contributed by atoms with Crippen LogP contribution in [0.1, 0.15) is 28.7 Å². The maximum atomic E-state index is 13.1. The van der Waals surface area contributed by atoms with Crippen molar-refractivity contribution in [1.82, 2.24) is 45.5 Å². The number of nitrogens with two attached hydrogens (primary N) is 1. The quantitative estimate of drug-likeness (QED) is 0.231. The number of halogens is 1. The van der Waals surface area contributed by atoms with Crippen molar-refractivity contribution in [3.05, 3.63) is 53.4 Å². The predicted molar refractivity (Wildman–Crippen MR) is 110 cm³/mol. The SMILES string of the molecule is C/C(=N/NC(=O)c1nnn(-c2nonc2N)c1CSc1nncn1C)c1ccc(F)cc1. The molecule has 0 saturated heterocycles. The summed E-state index contributed by atoms with van der Waals surface area (Å²) in [5.41, 5.74) is 9.70. The van der Waals surface area contributed by atoms with E-state index in [4.69, 9.17) is 5.73 Å². The molecular weight excluding hydrogens is 441 g/mol. The molecule has 15 heteroatoms. The maximum absolute atomic E-state index is 13.1. The molecule has 4 rings (SSSR count). The second-order valence-corrected chi connectivity index (χ2v) is 7.37. The van der Waals surface area contributed by atoms with Crippen LogP contribution in [0.3, 0.4) is 0 Å². The third kappa shape index (κ3) is 4.31. The Morgan fingerprint density at radius 3 is 2.72 bits per heavy atom. The lowest BCUT2D eigenvalue weighted by molar-refractivity contribution is 0.0949. The molecule has 0 fully saturated rings. The maximum Gasteiger partial charge on any atom is 0.293 e. The van der Waals surface area contributed by atoms with Crippen molar-refractivity contribution in [1.29, 1.82) is 0 Å². The summed E-state index contributed by atoms with van der Waals surface area (Å²) in [6.45, 7) is 1.68. The molecule has 0 spiro atoms. The van der Waals surface area contributed by atoms with Gasteiger partial charge in [-0.25, -0.2) is 14.4 Å². The summed E-state index contributed by atoms with van der Waals surface area (Å²) in [5, 5.41) is 27.7. The zero-order valence-electron chi connectivity index (χ0n) is 16.8. The minimum atomic E-state index is -0.610. The number of hydrogen-bond donors (Lipinski definition) is 2. The fraction of sp³-hybridized carbons (Fsp3) is 0.176. The summed E-state index contributed by atoms with van der Waals surface area (Å²) in [7, 11) is 1.79. The average molecular weight is 457 g/mol. The molecule has 13 nitrogen and oxygen atoms in total. The molecule has 1 aromatic carbocycles. The van der Waals surface area contributed by atoms with Crippen LogP contribution in [0, 0.1) is 5.82 Å². The number of aryl methyl sites for hydroxylation is 1. The van der Waals surface area contributed by atoms with Crippen molar-refractivity contribution in [2.45, 2.75) is 17.8 Å². The molecule has 3 N–H and O–H groups in total. The van der Waals surface area contributed by atoms with E-state index in [1.54, 1.807) is 37.0 Å². The lowest BCUT2D eigenvalue weighted by atomic mass is 10.1. The zero-order chi connectivity index (χ0) is 22.7. The number of benzene rings is 1. The van der Waals surface area contributed by atoms with E-state index in [1.807, 2.05) is 0 Å². The Morgan fingerprint density at radius 1 is 1.28 bits per heavy atom. The summed E-state index contributed by atoms with van der Waals surface area (Å²) < 4.78 is 20.7. The summed E-state index contributed by atoms with van der Waals surface area (Å²) >= 11 is 1.30. The number of hydrogen-bond acceptors (Lipinski definition) is 11. The van der Waals surface area contributed by atoms with Gasteiger partial charge in [0, 0.05) is 12.8 Å². The van der Waals surface area contributed by atoms with Crippen LogP contribution in [-0.2, 0) is 12.8 Å². The summed E-state index contributed by atoms with van der Waals surface area (Å²) in [5.74, 6) is -0.668. The van der Waals surface area contributed by atoms with Gasteiger partial charge in [-0.2, -0.15) is 9.78 Å². The van der Waals surface area contributed by atoms with Crippen LogP contribution >= 0.6 is 11.8 Å². The minimum absolute atomic E-state index is 0.00211. The van der Waals surface area contributed by atoms with Crippen LogP contribution in [-0.4, -0.2) is 51.7 Å². The molecule has 1 amide bonds. The van der Waals surface area contributed by atoms with Gasteiger partial charge < -0.3 is 10.3 Å². The molecule has 0 aliphatic heterocycles. The number of nitrogen functional groups attached to an aromatic ring is 1. The lowest BCUT2D eigenvalue weighted by Gasteiger charge is -2.06. The highest BCUT2D eigenvalue weighted by atomic mass is 32.2. The van der Waals surface area contributed by atoms with Gasteiger partial charge in [0.1, 0.15) is 12.1 Å². The topological polar surface area (TPSA) is 168 Å². The molecule has 164 valence electrons. The number of hydrazone groups is 1. The highest BCUT2D eigenvalue weighted by Crippen LogP contribution is 2.24. The molecule has 0 saturated carbocycles. The Bertz CT molecular complexity index is 1280. The minimum Gasteiger partial charge on any atom is -0.378 e. The first kappa shape index (κ1) is 21.1. The van der Waals surface area contributed by atoms with Crippen molar-refractivity contribution in [3.8, 4) is 5.82 Å². The largest absolute Gasteiger partial charge is 0.378 e. The molecular formula is C17H16FN11O2S. The van der Waals surface area contributed by atoms with E-state index in [0.717, 1.165) is 0 Å². The number of aromatic nitrogens is 8. The van der Waals surface area contributed by atoms with Gasteiger partial charge in [0.15, 0.2) is 10.9 Å². The van der Waals surface area contributed by atoms with Gasteiger partial charge in [-0.3, -0.25) is 4.79 Å². The number of anilines is 1. The molecule has 0 radical (unpaired) electrons. The van der Waals surface area contributed by atoms with Gasteiger partial charge in [-0.1, -0.05) is 29.1 Å². The Hall–Kier alpha value is -4.14. The van der Waals surface area contributed by atoms with Crippen LogP contribution in [0.2, 0.25) is 0 Å². The fourth-order valence-corrected chi connectivity index (χ4v) is 3.48. The van der Waals surface area contributed by atoms with Crippen LogP contribution in [0.4, 0.5) is 10.2 Å². The zero-order valence-corrected chi connectivity index (χ0v) is 17.6. The Balaban J connectivity index is 1.60. The second-order valence-electron chi connectivity index (χ2n) is 6.43. The molecule has 3 aromatic heterocycles. The third-order valence-corrected chi connectivity index (χ3v) is 5.32. The van der Waals surface area contributed by atoms with Gasteiger partial charge in [0.2, 0.25) is 11.6 Å². The van der Waals surface area contributed by atoms with Crippen LogP contribution in [0.5, 0.6) is 0 Å². The summed E-state index contributed by atoms with van der Waals surface area (Å²) in [6, 6.07) is 5.72. The molecule has 3 heterocycles. The first-order chi connectivity index (χ1) is 15.4. The van der Waals surface area contributed by atoms with Crippen molar-refractivity contribution in [3.63, 3.8) is 0 Å². The van der Waals surface area contributed by atoms with Crippen LogP contribution in [0.25, 0.3) is 5.82 Å². The lowest BCUT2D eigenvalue weighted by Crippen LogP contribution is -2.21. The fourth-order valence-electron chi connectivity index (χ4n) is 2.59. The number of nitrogens with one attached hydrogen (secondary N) is 1. The molecule has 0 atom stereocenters. The second kappa shape index (κ2) is 8.93. The molecule has 32 heavy (non-hydrogen) atoms. The number of amides is 1. The first-order valence-electron chi connectivity index (χ1n) is 9.04. The number of carbonyl (C=O) groups is 1. The normalized spacial score (nSPS) is 11.7. The molecule has 0 bridgehead atoms. The van der Waals surface area contributed by atoms with Gasteiger partial charge in [-0.15, -0.1) is 15.3 Å². The first-order valence-corrected chi connectivity index (χ1v) is 10.0. The number of nitrogens with zero attached hydrogens (tertiary/aromatic N) is 9. The third-order valence-electron chi connectivity index (χ3n) is 4.27. The Kier molecular flexibility index (Phi) is 5.89. The molecule has 0 aliphatic rings. The van der Waals surface area contributed by atoms with Crippen molar-refractivity contribution in [2.75, 3.05) is 5.73 Å². The van der Waals surface area contributed by atoms with E-state index < -0.39 is 5.91 Å². The Labute approximate surface area is 183 Å². The van der Waals surface area contributed by atoms with Crippen molar-refractivity contribution in [2.24, 2.45) is 12.1 Å². The number of carbonyl (C=O) groups excluding carboxylic acids is 1. The monoisotopic (exact) mass is 457 g/mol. The molecule has 4 aromatic rings. The molecule has 0 unspecified atom stereocenters. The number of rotatable bonds is 7. The summed E-state index contributed by atoms with van der Waals surface area (Å²) in [4.78, 5) is 12.8. The van der Waals surface area contributed by atoms with Crippen molar-refractivity contribution >= 4 is 29.2 Å². The van der Waals surface area contributed by atoms with Gasteiger partial charge in [0.05, 0.1) is 11.4 Å². The van der Waals surface area contributed by atoms with E-state index in [9.17, 15) is 9.18 Å². The van der Waals surface area contributed by atoms with E-state index in [2.05, 4.69) is 46.0 Å². The van der Waals surface area contributed by atoms with E-state index in [-0.39, 0.29) is 28.9 Å². The Morgan fingerprint density at radius 2 is 2.06 bits per heavy atom. The van der Waals surface area contributed by atoms with E-state index in [0.29, 0.717) is 22.1 Å². The predicted octanol–water partition coefficient (Wildman–Crippen LogP) is 0.946. The van der Waals surface area contributed by atoms with E-state index in [1.165, 1.54) is 28.6 Å². The highest BCUT2D eigenvalue weighted by Gasteiger charge is 2.24.